The number of halogens is 2. The molecular formula is C16H21F2N3O2. The van der Waals surface area contributed by atoms with Crippen LogP contribution in [-0.4, -0.2) is 36.0 Å². The van der Waals surface area contributed by atoms with E-state index in [1.807, 2.05) is 13.8 Å². The van der Waals surface area contributed by atoms with Crippen LogP contribution in [0.1, 0.15) is 26.7 Å². The maximum absolute atomic E-state index is 13.6. The quantitative estimate of drug-likeness (QED) is 0.894. The minimum absolute atomic E-state index is 0.107. The third-order valence-corrected chi connectivity index (χ3v) is 3.67. The minimum Gasteiger partial charge on any atom is -0.354 e. The Kier molecular flexibility index (Phi) is 5.52. The second-order valence-corrected chi connectivity index (χ2v) is 6.04. The number of anilines is 1. The molecule has 0 radical (unpaired) electrons. The summed E-state index contributed by atoms with van der Waals surface area (Å²) in [7, 11) is 0. The zero-order valence-corrected chi connectivity index (χ0v) is 13.2. The molecule has 2 N–H and O–H groups in total. The van der Waals surface area contributed by atoms with Crippen molar-refractivity contribution in [3.05, 3.63) is 29.8 Å². The highest BCUT2D eigenvalue weighted by Crippen LogP contribution is 2.21. The molecule has 1 fully saturated rings. The first-order chi connectivity index (χ1) is 10.9. The van der Waals surface area contributed by atoms with Crippen LogP contribution in [0.15, 0.2) is 18.2 Å². The van der Waals surface area contributed by atoms with E-state index in [0.29, 0.717) is 37.9 Å². The van der Waals surface area contributed by atoms with Crippen molar-refractivity contribution in [1.29, 1.82) is 0 Å². The molecule has 0 aromatic heterocycles. The van der Waals surface area contributed by atoms with Gasteiger partial charge in [0.05, 0.1) is 5.69 Å². The second kappa shape index (κ2) is 7.39. The van der Waals surface area contributed by atoms with Crippen molar-refractivity contribution in [2.75, 3.05) is 18.4 Å². The Hall–Kier alpha value is -2.18. The molecule has 5 nitrogen and oxygen atoms in total. The van der Waals surface area contributed by atoms with E-state index in [1.165, 1.54) is 4.90 Å². The van der Waals surface area contributed by atoms with Crippen LogP contribution in [0, 0.1) is 17.6 Å². The van der Waals surface area contributed by atoms with Crippen molar-refractivity contribution < 1.29 is 18.4 Å². The summed E-state index contributed by atoms with van der Waals surface area (Å²) in [5, 5.41) is 5.20. The molecule has 0 saturated carbocycles. The number of carbonyl (C=O) groups excluding carboxylic acids is 2. The number of rotatable bonds is 4. The smallest absolute Gasteiger partial charge is 0.322 e. The van der Waals surface area contributed by atoms with Gasteiger partial charge in [-0.25, -0.2) is 13.6 Å². The topological polar surface area (TPSA) is 61.4 Å². The molecule has 1 aromatic rings. The molecule has 1 unspecified atom stereocenters. The average Bonchev–Trinajstić information content (AvgIpc) is 2.97. The molecular weight excluding hydrogens is 304 g/mol. The van der Waals surface area contributed by atoms with E-state index in [0.717, 1.165) is 12.1 Å². The Balaban J connectivity index is 2.01. The lowest BCUT2D eigenvalue weighted by molar-refractivity contribution is -0.124. The van der Waals surface area contributed by atoms with Crippen molar-refractivity contribution in [2.45, 2.75) is 32.7 Å². The second-order valence-electron chi connectivity index (χ2n) is 6.04. The summed E-state index contributed by atoms with van der Waals surface area (Å²) in [5.74, 6) is -1.45. The molecule has 2 rings (SSSR count). The zero-order chi connectivity index (χ0) is 17.0. The van der Waals surface area contributed by atoms with Gasteiger partial charge in [-0.15, -0.1) is 0 Å². The molecule has 126 valence electrons. The van der Waals surface area contributed by atoms with E-state index in [1.54, 1.807) is 0 Å². The molecule has 0 spiro atoms. The van der Waals surface area contributed by atoms with E-state index >= 15 is 0 Å². The highest BCUT2D eigenvalue weighted by molar-refractivity contribution is 5.94. The van der Waals surface area contributed by atoms with Gasteiger partial charge in [-0.3, -0.25) is 4.79 Å². The van der Waals surface area contributed by atoms with E-state index < -0.39 is 23.7 Å². The van der Waals surface area contributed by atoms with Gasteiger partial charge in [0.15, 0.2) is 0 Å². The fourth-order valence-corrected chi connectivity index (χ4v) is 2.48. The number of likely N-dealkylation sites (tertiary alicyclic amines) is 1. The van der Waals surface area contributed by atoms with Crippen LogP contribution in [0.25, 0.3) is 0 Å². The van der Waals surface area contributed by atoms with Crippen LogP contribution in [0.3, 0.4) is 0 Å². The highest BCUT2D eigenvalue weighted by atomic mass is 19.1. The lowest BCUT2D eigenvalue weighted by Crippen LogP contribution is -2.48. The summed E-state index contributed by atoms with van der Waals surface area (Å²) in [5.41, 5.74) is -0.107. The molecule has 0 aliphatic carbocycles. The number of amides is 3. The van der Waals surface area contributed by atoms with Gasteiger partial charge in [0.2, 0.25) is 5.91 Å². The van der Waals surface area contributed by atoms with E-state index in [2.05, 4.69) is 10.6 Å². The van der Waals surface area contributed by atoms with Crippen LogP contribution in [0.5, 0.6) is 0 Å². The van der Waals surface area contributed by atoms with Gasteiger partial charge in [-0.05, 0) is 30.9 Å². The van der Waals surface area contributed by atoms with Gasteiger partial charge in [0.25, 0.3) is 0 Å². The summed E-state index contributed by atoms with van der Waals surface area (Å²) < 4.78 is 26.5. The molecule has 7 heteroatoms. The van der Waals surface area contributed by atoms with Gasteiger partial charge < -0.3 is 15.5 Å². The van der Waals surface area contributed by atoms with Crippen LogP contribution in [-0.2, 0) is 4.79 Å². The Morgan fingerprint density at radius 3 is 2.74 bits per heavy atom. The molecule has 1 aromatic carbocycles. The number of urea groups is 1. The molecule has 23 heavy (non-hydrogen) atoms. The van der Waals surface area contributed by atoms with Crippen LogP contribution >= 0.6 is 0 Å². The van der Waals surface area contributed by atoms with Crippen molar-refractivity contribution in [3.8, 4) is 0 Å². The maximum atomic E-state index is 13.6. The van der Waals surface area contributed by atoms with Crippen LogP contribution in [0.4, 0.5) is 19.3 Å². The van der Waals surface area contributed by atoms with Crippen LogP contribution < -0.4 is 10.6 Å². The molecule has 1 atom stereocenters. The SMILES string of the molecule is CC(C)CNC(=O)C1CCCN1C(=O)Nc1ccc(F)cc1F. The number of hydrogen-bond donors (Lipinski definition) is 2. The standard InChI is InChI=1S/C16H21F2N3O2/c1-10(2)9-19-15(22)14-4-3-7-21(14)16(23)20-13-6-5-11(17)8-12(13)18/h5-6,8,10,14H,3-4,7,9H2,1-2H3,(H,19,22)(H,20,23). The first-order valence-corrected chi connectivity index (χ1v) is 7.69. The maximum Gasteiger partial charge on any atom is 0.322 e. The van der Waals surface area contributed by atoms with Crippen molar-refractivity contribution in [2.24, 2.45) is 5.92 Å². The van der Waals surface area contributed by atoms with Crippen molar-refractivity contribution in [1.82, 2.24) is 10.2 Å². The predicted octanol–water partition coefficient (Wildman–Crippen LogP) is 2.73. The zero-order valence-electron chi connectivity index (χ0n) is 13.2. The molecule has 1 aliphatic rings. The summed E-state index contributed by atoms with van der Waals surface area (Å²) >= 11 is 0. The molecule has 1 aliphatic heterocycles. The number of carbonyl (C=O) groups is 2. The van der Waals surface area contributed by atoms with Gasteiger partial charge in [0.1, 0.15) is 17.7 Å². The van der Waals surface area contributed by atoms with Gasteiger partial charge in [-0.2, -0.15) is 0 Å². The van der Waals surface area contributed by atoms with Gasteiger partial charge in [0, 0.05) is 19.2 Å². The Morgan fingerprint density at radius 1 is 1.35 bits per heavy atom. The summed E-state index contributed by atoms with van der Waals surface area (Å²) in [4.78, 5) is 25.8. The summed E-state index contributed by atoms with van der Waals surface area (Å²) in [6.07, 6.45) is 1.28. The monoisotopic (exact) mass is 325 g/mol. The molecule has 3 amide bonds. The van der Waals surface area contributed by atoms with Gasteiger partial charge >= 0.3 is 6.03 Å². The molecule has 0 bridgehead atoms. The first-order valence-electron chi connectivity index (χ1n) is 7.69. The number of hydrogen-bond acceptors (Lipinski definition) is 2. The Morgan fingerprint density at radius 2 is 2.09 bits per heavy atom. The lowest BCUT2D eigenvalue weighted by Gasteiger charge is -2.24. The fraction of sp³-hybridized carbons (Fsp3) is 0.500. The average molecular weight is 325 g/mol. The fourth-order valence-electron chi connectivity index (χ4n) is 2.48. The number of nitrogens with zero attached hydrogens (tertiary/aromatic N) is 1. The molecule has 1 saturated heterocycles. The minimum atomic E-state index is -0.849. The van der Waals surface area contributed by atoms with E-state index in [-0.39, 0.29) is 11.6 Å². The third kappa shape index (κ3) is 4.40. The summed E-state index contributed by atoms with van der Waals surface area (Å²) in [6.45, 7) is 4.93. The number of benzene rings is 1. The van der Waals surface area contributed by atoms with Crippen molar-refractivity contribution >= 4 is 17.6 Å². The predicted molar refractivity (Wildman–Crippen MR) is 83.0 cm³/mol. The van der Waals surface area contributed by atoms with E-state index in [4.69, 9.17) is 0 Å². The van der Waals surface area contributed by atoms with Crippen molar-refractivity contribution in [3.63, 3.8) is 0 Å². The Bertz CT molecular complexity index is 593. The van der Waals surface area contributed by atoms with Crippen LogP contribution in [0.2, 0.25) is 0 Å². The van der Waals surface area contributed by atoms with Gasteiger partial charge in [-0.1, -0.05) is 13.8 Å². The molecule has 1 heterocycles. The Labute approximate surface area is 134 Å². The highest BCUT2D eigenvalue weighted by Gasteiger charge is 2.34. The lowest BCUT2D eigenvalue weighted by atomic mass is 10.2. The summed E-state index contributed by atoms with van der Waals surface area (Å²) in [6, 6.07) is 1.81. The number of nitrogens with one attached hydrogen (secondary N) is 2. The first kappa shape index (κ1) is 17.2. The van der Waals surface area contributed by atoms with E-state index in [9.17, 15) is 18.4 Å². The largest absolute Gasteiger partial charge is 0.354 e. The normalized spacial score (nSPS) is 17.4. The third-order valence-electron chi connectivity index (χ3n) is 3.67.